The number of aromatic hydroxyl groups is 1. The van der Waals surface area contributed by atoms with Gasteiger partial charge in [-0.3, -0.25) is 4.90 Å². The van der Waals surface area contributed by atoms with Gasteiger partial charge >= 0.3 is 0 Å². The van der Waals surface area contributed by atoms with Gasteiger partial charge in [0.15, 0.2) is 0 Å². The molecule has 2 heterocycles. The van der Waals surface area contributed by atoms with Gasteiger partial charge in [0.25, 0.3) is 0 Å². The molecule has 0 spiro atoms. The van der Waals surface area contributed by atoms with E-state index in [0.717, 1.165) is 39.4 Å². The Morgan fingerprint density at radius 3 is 2.96 bits per heavy atom. The van der Waals surface area contributed by atoms with E-state index in [9.17, 15) is 5.11 Å². The van der Waals surface area contributed by atoms with Crippen molar-refractivity contribution in [3.8, 4) is 17.0 Å². The highest BCUT2D eigenvalue weighted by molar-refractivity contribution is 5.69. The normalized spacial score (nSPS) is 15.5. The van der Waals surface area contributed by atoms with Crippen LogP contribution in [-0.2, 0) is 4.74 Å². The maximum atomic E-state index is 9.93. The summed E-state index contributed by atoms with van der Waals surface area (Å²) in [7, 11) is 0. The fourth-order valence-corrected chi connectivity index (χ4v) is 2.49. The van der Waals surface area contributed by atoms with Crippen LogP contribution in [0.25, 0.3) is 11.3 Å². The molecule has 121 valence electrons. The highest BCUT2D eigenvalue weighted by Gasteiger charge is 2.11. The zero-order chi connectivity index (χ0) is 16.1. The van der Waals surface area contributed by atoms with Gasteiger partial charge in [0.05, 0.1) is 18.9 Å². The van der Waals surface area contributed by atoms with Crippen molar-refractivity contribution in [1.29, 1.82) is 0 Å². The summed E-state index contributed by atoms with van der Waals surface area (Å²) in [6.07, 6.45) is 0. The number of rotatable bonds is 5. The molecule has 0 amide bonds. The molecule has 1 fully saturated rings. The van der Waals surface area contributed by atoms with E-state index in [2.05, 4.69) is 26.3 Å². The Morgan fingerprint density at radius 2 is 2.17 bits per heavy atom. The zero-order valence-corrected chi connectivity index (χ0v) is 12.8. The van der Waals surface area contributed by atoms with Crippen LogP contribution < -0.4 is 11.1 Å². The molecule has 1 aromatic carbocycles. The van der Waals surface area contributed by atoms with Crippen LogP contribution in [-0.4, -0.2) is 59.4 Å². The van der Waals surface area contributed by atoms with Crippen molar-refractivity contribution in [2.24, 2.45) is 0 Å². The molecule has 1 radical (unpaired) electrons. The van der Waals surface area contributed by atoms with Crippen molar-refractivity contribution < 1.29 is 9.84 Å². The largest absolute Gasteiger partial charge is 0.507 e. The summed E-state index contributed by atoms with van der Waals surface area (Å²) in [5, 5.41) is 13.2. The van der Waals surface area contributed by atoms with Crippen molar-refractivity contribution >= 4 is 11.8 Å². The van der Waals surface area contributed by atoms with Crippen molar-refractivity contribution in [2.45, 2.75) is 0 Å². The first kappa shape index (κ1) is 15.5. The Bertz CT molecular complexity index is 659. The molecule has 0 bridgehead atoms. The number of nitrogens with two attached hydrogens (primary N) is 1. The Balaban J connectivity index is 1.67. The minimum atomic E-state index is 0.140. The first-order chi connectivity index (χ1) is 11.2. The third-order valence-corrected chi connectivity index (χ3v) is 3.70. The van der Waals surface area contributed by atoms with Crippen molar-refractivity contribution in [3.63, 3.8) is 0 Å². The van der Waals surface area contributed by atoms with Crippen LogP contribution in [0.4, 0.5) is 11.8 Å². The summed E-state index contributed by atoms with van der Waals surface area (Å²) in [6.45, 7) is 5.14. The molecule has 0 atom stereocenters. The van der Waals surface area contributed by atoms with Crippen LogP contribution in [0.1, 0.15) is 0 Å². The predicted octanol–water partition coefficient (Wildman–Crippen LogP) is 0.976. The van der Waals surface area contributed by atoms with Gasteiger partial charge in [-0.1, -0.05) is 6.07 Å². The number of nitrogen functional groups attached to an aromatic ring is 1. The maximum Gasteiger partial charge on any atom is 0.222 e. The summed E-state index contributed by atoms with van der Waals surface area (Å²) in [5.41, 5.74) is 6.93. The minimum absolute atomic E-state index is 0.140. The number of aromatic nitrogens is 2. The van der Waals surface area contributed by atoms with E-state index in [-0.39, 0.29) is 11.7 Å². The van der Waals surface area contributed by atoms with E-state index in [1.807, 2.05) is 0 Å². The number of hydrogen-bond acceptors (Lipinski definition) is 7. The number of ether oxygens (including phenoxy) is 1. The summed E-state index contributed by atoms with van der Waals surface area (Å²) in [6, 6.07) is 9.59. The quantitative estimate of drug-likeness (QED) is 0.757. The monoisotopic (exact) mass is 314 g/mol. The highest BCUT2D eigenvalue weighted by Crippen LogP contribution is 2.28. The lowest BCUT2D eigenvalue weighted by atomic mass is 10.1. The molecule has 23 heavy (non-hydrogen) atoms. The topological polar surface area (TPSA) is 96.5 Å². The molecule has 0 aliphatic carbocycles. The van der Waals surface area contributed by atoms with E-state index >= 15 is 0 Å². The molecule has 0 saturated carbocycles. The molecule has 1 saturated heterocycles. The molecule has 1 aliphatic rings. The van der Waals surface area contributed by atoms with Gasteiger partial charge in [-0.25, -0.2) is 4.98 Å². The number of hydrogen-bond donors (Lipinski definition) is 3. The Labute approximate surface area is 135 Å². The molecule has 7 nitrogen and oxygen atoms in total. The predicted molar refractivity (Wildman–Crippen MR) is 88.1 cm³/mol. The first-order valence-corrected chi connectivity index (χ1v) is 7.60. The molecule has 1 aromatic heterocycles. The second-order valence-electron chi connectivity index (χ2n) is 5.32. The lowest BCUT2D eigenvalue weighted by molar-refractivity contribution is 0.0398. The number of phenolic OH excluding ortho intramolecular Hbond substituents is 1. The van der Waals surface area contributed by atoms with Crippen LogP contribution in [0.2, 0.25) is 0 Å². The fraction of sp³-hybridized carbons (Fsp3) is 0.375. The zero-order valence-electron chi connectivity index (χ0n) is 12.8. The summed E-state index contributed by atoms with van der Waals surface area (Å²) in [4.78, 5) is 10.7. The van der Waals surface area contributed by atoms with Crippen LogP contribution in [0.5, 0.6) is 5.75 Å². The van der Waals surface area contributed by atoms with Crippen molar-refractivity contribution in [1.82, 2.24) is 14.9 Å². The van der Waals surface area contributed by atoms with E-state index in [4.69, 9.17) is 10.5 Å². The maximum absolute atomic E-state index is 9.93. The summed E-state index contributed by atoms with van der Waals surface area (Å²) < 4.78 is 5.33. The number of benzene rings is 1. The SMILES string of the molecule is Nc1nc(NCCN2CCOCC2)cc(-c2c[c]ccc2O)n1. The standard InChI is InChI=1S/C16H20N5O2/c17-16-19-13(12-3-1-2-4-14(12)22)11-15(20-16)18-5-6-21-7-9-23-10-8-21/h2-4,11,22H,5-10H2,(H3,17,18,19,20). The molecule has 0 unspecified atom stereocenters. The third kappa shape index (κ3) is 4.08. The first-order valence-electron chi connectivity index (χ1n) is 7.60. The van der Waals surface area contributed by atoms with Gasteiger partial charge in [-0.2, -0.15) is 4.98 Å². The fourth-order valence-electron chi connectivity index (χ4n) is 2.49. The Kier molecular flexibility index (Phi) is 4.89. The minimum Gasteiger partial charge on any atom is -0.507 e. The van der Waals surface area contributed by atoms with Gasteiger partial charge in [0.1, 0.15) is 11.6 Å². The average molecular weight is 314 g/mol. The van der Waals surface area contributed by atoms with Crippen molar-refractivity contribution in [2.75, 3.05) is 50.4 Å². The summed E-state index contributed by atoms with van der Waals surface area (Å²) in [5.74, 6) is 0.949. The van der Waals surface area contributed by atoms with Crippen LogP contribution >= 0.6 is 0 Å². The molecule has 1 aliphatic heterocycles. The smallest absolute Gasteiger partial charge is 0.222 e. The van der Waals surface area contributed by atoms with Crippen LogP contribution in [0.15, 0.2) is 24.3 Å². The Hall–Kier alpha value is -2.38. The highest BCUT2D eigenvalue weighted by atomic mass is 16.5. The number of morpholine rings is 1. The van der Waals surface area contributed by atoms with Crippen LogP contribution in [0, 0.1) is 6.07 Å². The van der Waals surface area contributed by atoms with Gasteiger partial charge < -0.3 is 20.9 Å². The Morgan fingerprint density at radius 1 is 1.35 bits per heavy atom. The molecular formula is C16H20N5O2. The van der Waals surface area contributed by atoms with Gasteiger partial charge in [0.2, 0.25) is 5.95 Å². The van der Waals surface area contributed by atoms with Crippen LogP contribution in [0.3, 0.4) is 0 Å². The number of nitrogens with zero attached hydrogens (tertiary/aromatic N) is 3. The third-order valence-electron chi connectivity index (χ3n) is 3.70. The summed E-state index contributed by atoms with van der Waals surface area (Å²) >= 11 is 0. The molecule has 2 aromatic rings. The van der Waals surface area contributed by atoms with Crippen molar-refractivity contribution in [3.05, 3.63) is 30.3 Å². The molecule has 3 rings (SSSR count). The van der Waals surface area contributed by atoms with E-state index < -0.39 is 0 Å². The molecule has 4 N–H and O–H groups in total. The number of nitrogens with one attached hydrogen (secondary N) is 1. The van der Waals surface area contributed by atoms with E-state index in [1.165, 1.54) is 0 Å². The van der Waals surface area contributed by atoms with Gasteiger partial charge in [-0.05, 0) is 18.2 Å². The van der Waals surface area contributed by atoms with Gasteiger partial charge in [0, 0.05) is 37.8 Å². The average Bonchev–Trinajstić information content (AvgIpc) is 2.56. The molecular weight excluding hydrogens is 294 g/mol. The lowest BCUT2D eigenvalue weighted by Crippen LogP contribution is -2.39. The molecule has 7 heteroatoms. The second-order valence-corrected chi connectivity index (χ2v) is 5.32. The number of phenols is 1. The lowest BCUT2D eigenvalue weighted by Gasteiger charge is -2.26. The van der Waals surface area contributed by atoms with E-state index in [0.29, 0.717) is 17.1 Å². The number of anilines is 2. The van der Waals surface area contributed by atoms with Gasteiger partial charge in [-0.15, -0.1) is 0 Å². The van der Waals surface area contributed by atoms with E-state index in [1.54, 1.807) is 24.3 Å². The second kappa shape index (κ2) is 7.26.